The Labute approximate surface area is 102 Å². The number of carbonyl (C=O) groups is 1. The molecule has 0 amide bonds. The Morgan fingerprint density at radius 2 is 1.82 bits per heavy atom. The monoisotopic (exact) mass is 233 g/mol. The molecule has 2 atom stereocenters. The van der Waals surface area contributed by atoms with Gasteiger partial charge in [-0.1, -0.05) is 18.2 Å². The Kier molecular flexibility index (Phi) is 4.15. The van der Waals surface area contributed by atoms with Gasteiger partial charge in [-0.05, 0) is 44.2 Å². The maximum absolute atomic E-state index is 8.00. The van der Waals surface area contributed by atoms with Crippen LogP contribution >= 0.6 is 0 Å². The summed E-state index contributed by atoms with van der Waals surface area (Å²) in [4.78, 5) is 14.0. The molecule has 2 aliphatic heterocycles. The standard InChI is InChI=1S/C13H17NO.CH2O/c1-2-5-11(6-3-1)14-12-7-4-8-13(15-14)10-9-12;1-2/h1-3,5-6,12-13H,4,7-10H2;1H2. The third kappa shape index (κ3) is 2.67. The Bertz CT molecular complexity index is 337. The van der Waals surface area contributed by atoms with E-state index in [4.69, 9.17) is 9.63 Å². The summed E-state index contributed by atoms with van der Waals surface area (Å²) in [5.74, 6) is 0. The maximum Gasteiger partial charge on any atom is 0.106 e. The van der Waals surface area contributed by atoms with Crippen LogP contribution in [0.15, 0.2) is 30.3 Å². The lowest BCUT2D eigenvalue weighted by Gasteiger charge is -2.37. The molecule has 3 aliphatic rings. The van der Waals surface area contributed by atoms with Crippen LogP contribution in [-0.4, -0.2) is 18.9 Å². The number of rotatable bonds is 1. The highest BCUT2D eigenvalue weighted by Gasteiger charge is 2.32. The van der Waals surface area contributed by atoms with Crippen molar-refractivity contribution in [3.05, 3.63) is 30.3 Å². The van der Waals surface area contributed by atoms with Gasteiger partial charge in [-0.25, -0.2) is 0 Å². The molecule has 0 radical (unpaired) electrons. The fraction of sp³-hybridized carbons (Fsp3) is 0.500. The average molecular weight is 233 g/mol. The van der Waals surface area contributed by atoms with Gasteiger partial charge in [0.15, 0.2) is 0 Å². The summed E-state index contributed by atoms with van der Waals surface area (Å²) in [7, 11) is 0. The zero-order valence-corrected chi connectivity index (χ0v) is 10.0. The number of hydrogen-bond donors (Lipinski definition) is 0. The fourth-order valence-corrected chi connectivity index (χ4v) is 2.68. The Morgan fingerprint density at radius 1 is 1.06 bits per heavy atom. The maximum atomic E-state index is 8.00. The SMILES string of the molecule is C=O.c1ccc(N2OC3CCCC2CC3)cc1. The van der Waals surface area contributed by atoms with E-state index in [2.05, 4.69) is 35.4 Å². The molecule has 2 bridgehead atoms. The first-order valence-corrected chi connectivity index (χ1v) is 6.23. The summed E-state index contributed by atoms with van der Waals surface area (Å²) in [6, 6.07) is 11.1. The van der Waals surface area contributed by atoms with E-state index < -0.39 is 0 Å². The van der Waals surface area contributed by atoms with E-state index in [1.165, 1.54) is 37.8 Å². The molecule has 92 valence electrons. The van der Waals surface area contributed by atoms with Gasteiger partial charge in [0.2, 0.25) is 0 Å². The van der Waals surface area contributed by atoms with Crippen molar-refractivity contribution < 1.29 is 9.63 Å². The third-order valence-corrected chi connectivity index (χ3v) is 3.49. The third-order valence-electron chi connectivity index (χ3n) is 3.49. The molecule has 2 unspecified atom stereocenters. The second-order valence-electron chi connectivity index (χ2n) is 4.55. The summed E-state index contributed by atoms with van der Waals surface area (Å²) in [5.41, 5.74) is 1.22. The number of hydroxylamine groups is 1. The van der Waals surface area contributed by atoms with E-state index >= 15 is 0 Å². The van der Waals surface area contributed by atoms with Crippen LogP contribution in [0.2, 0.25) is 0 Å². The minimum absolute atomic E-state index is 0.462. The Balaban J connectivity index is 0.000000514. The molecular weight excluding hydrogens is 214 g/mol. The van der Waals surface area contributed by atoms with Gasteiger partial charge in [-0.15, -0.1) is 0 Å². The van der Waals surface area contributed by atoms with Gasteiger partial charge in [-0.3, -0.25) is 9.90 Å². The van der Waals surface area contributed by atoms with Crippen LogP contribution in [0, 0.1) is 0 Å². The molecule has 3 heteroatoms. The van der Waals surface area contributed by atoms with Gasteiger partial charge in [0.05, 0.1) is 17.8 Å². The van der Waals surface area contributed by atoms with Crippen molar-refractivity contribution in [3.8, 4) is 0 Å². The zero-order chi connectivity index (χ0) is 12.1. The molecule has 0 aromatic heterocycles. The zero-order valence-electron chi connectivity index (χ0n) is 10.0. The van der Waals surface area contributed by atoms with Crippen molar-refractivity contribution in [2.24, 2.45) is 0 Å². The molecule has 3 fully saturated rings. The van der Waals surface area contributed by atoms with Crippen LogP contribution in [0.4, 0.5) is 5.69 Å². The largest absolute Gasteiger partial charge is 0.307 e. The first kappa shape index (κ1) is 12.1. The molecule has 1 aromatic carbocycles. The van der Waals surface area contributed by atoms with Crippen LogP contribution in [0.1, 0.15) is 32.1 Å². The molecule has 3 nitrogen and oxygen atoms in total. The quantitative estimate of drug-likeness (QED) is 0.747. The van der Waals surface area contributed by atoms with Crippen molar-refractivity contribution in [2.75, 3.05) is 5.06 Å². The Morgan fingerprint density at radius 3 is 2.59 bits per heavy atom. The van der Waals surface area contributed by atoms with Gasteiger partial charge in [0.25, 0.3) is 0 Å². The van der Waals surface area contributed by atoms with E-state index in [0.29, 0.717) is 12.1 Å². The molecule has 1 saturated carbocycles. The number of para-hydroxylation sites is 1. The van der Waals surface area contributed by atoms with Crippen molar-refractivity contribution >= 4 is 12.5 Å². The van der Waals surface area contributed by atoms with Crippen LogP contribution in [-0.2, 0) is 9.63 Å². The van der Waals surface area contributed by atoms with Crippen molar-refractivity contribution in [3.63, 3.8) is 0 Å². The molecule has 2 saturated heterocycles. The van der Waals surface area contributed by atoms with Gasteiger partial charge in [0, 0.05) is 0 Å². The molecular formula is C14H19NO2. The highest BCUT2D eigenvalue weighted by atomic mass is 16.7. The van der Waals surface area contributed by atoms with E-state index in [0.717, 1.165) is 0 Å². The molecule has 2 heterocycles. The van der Waals surface area contributed by atoms with E-state index in [1.54, 1.807) is 0 Å². The lowest BCUT2D eigenvalue weighted by Crippen LogP contribution is -2.41. The molecule has 1 aliphatic carbocycles. The van der Waals surface area contributed by atoms with E-state index in [1.807, 2.05) is 6.79 Å². The fourth-order valence-electron chi connectivity index (χ4n) is 2.68. The van der Waals surface area contributed by atoms with Crippen LogP contribution in [0.3, 0.4) is 0 Å². The van der Waals surface area contributed by atoms with E-state index in [-0.39, 0.29) is 0 Å². The average Bonchev–Trinajstić information content (AvgIpc) is 2.77. The minimum atomic E-state index is 0.462. The van der Waals surface area contributed by atoms with Gasteiger partial charge < -0.3 is 4.79 Å². The lowest BCUT2D eigenvalue weighted by molar-refractivity contribution is -0.0979. The topological polar surface area (TPSA) is 29.5 Å². The number of benzene rings is 1. The van der Waals surface area contributed by atoms with Crippen molar-refractivity contribution in [1.29, 1.82) is 0 Å². The second-order valence-corrected chi connectivity index (χ2v) is 4.55. The van der Waals surface area contributed by atoms with Crippen LogP contribution in [0.25, 0.3) is 0 Å². The normalized spacial score (nSPS) is 26.9. The predicted molar refractivity (Wildman–Crippen MR) is 67.8 cm³/mol. The minimum Gasteiger partial charge on any atom is -0.307 e. The number of hydrogen-bond acceptors (Lipinski definition) is 3. The summed E-state index contributed by atoms with van der Waals surface area (Å²) in [5, 5.41) is 2.15. The molecule has 1 aromatic rings. The summed E-state index contributed by atoms with van der Waals surface area (Å²) >= 11 is 0. The van der Waals surface area contributed by atoms with Crippen LogP contribution < -0.4 is 5.06 Å². The summed E-state index contributed by atoms with van der Waals surface area (Å²) < 4.78 is 0. The first-order valence-electron chi connectivity index (χ1n) is 6.23. The number of anilines is 1. The number of nitrogens with zero attached hydrogens (tertiary/aromatic N) is 1. The van der Waals surface area contributed by atoms with Gasteiger partial charge >= 0.3 is 0 Å². The predicted octanol–water partition coefficient (Wildman–Crippen LogP) is 2.95. The summed E-state index contributed by atoms with van der Waals surface area (Å²) in [6.45, 7) is 2.00. The smallest absolute Gasteiger partial charge is 0.106 e. The second kappa shape index (κ2) is 5.82. The first-order chi connectivity index (χ1) is 8.43. The summed E-state index contributed by atoms with van der Waals surface area (Å²) in [6.07, 6.45) is 6.83. The highest BCUT2D eigenvalue weighted by molar-refractivity contribution is 5.44. The number of carbonyl (C=O) groups excluding carboxylic acids is 1. The lowest BCUT2D eigenvalue weighted by atomic mass is 10.1. The van der Waals surface area contributed by atoms with Crippen LogP contribution in [0.5, 0.6) is 0 Å². The highest BCUT2D eigenvalue weighted by Crippen LogP contribution is 2.34. The number of fused-ring (bicyclic) bond motifs is 4. The van der Waals surface area contributed by atoms with Gasteiger partial charge in [0.1, 0.15) is 6.79 Å². The van der Waals surface area contributed by atoms with Crippen molar-refractivity contribution in [1.82, 2.24) is 0 Å². The molecule has 17 heavy (non-hydrogen) atoms. The van der Waals surface area contributed by atoms with Gasteiger partial charge in [-0.2, -0.15) is 0 Å². The van der Waals surface area contributed by atoms with E-state index in [9.17, 15) is 0 Å². The van der Waals surface area contributed by atoms with Crippen molar-refractivity contribution in [2.45, 2.75) is 44.2 Å². The molecule has 4 rings (SSSR count). The Hall–Kier alpha value is -1.35. The molecule has 0 N–H and O–H groups in total. The molecule has 0 spiro atoms.